The summed E-state index contributed by atoms with van der Waals surface area (Å²) in [5, 5.41) is 11.4. The minimum absolute atomic E-state index is 0.0127. The maximum Gasteiger partial charge on any atom is 0.323 e. The van der Waals surface area contributed by atoms with Crippen LogP contribution < -0.4 is 5.32 Å². The van der Waals surface area contributed by atoms with E-state index in [1.165, 1.54) is 0 Å². The summed E-state index contributed by atoms with van der Waals surface area (Å²) in [4.78, 5) is 10.9. The Hall–Kier alpha value is -0.610. The highest BCUT2D eigenvalue weighted by molar-refractivity contribution is 5.77. The lowest BCUT2D eigenvalue weighted by molar-refractivity contribution is -0.142. The summed E-state index contributed by atoms with van der Waals surface area (Å²) in [5.41, 5.74) is 0. The fraction of sp³-hybridized carbons (Fsp3) is 0.857. The zero-order chi connectivity index (χ0) is 8.27. The molecule has 0 aliphatic carbocycles. The molecule has 1 rings (SSSR count). The van der Waals surface area contributed by atoms with Gasteiger partial charge < -0.3 is 15.2 Å². The molecule has 0 radical (unpaired) electrons. The average Bonchev–Trinajstić information content (AvgIpc) is 2.26. The SMILES string of the molecule is CC1CC(NCCO)C(=O)O1. The van der Waals surface area contributed by atoms with Gasteiger partial charge in [-0.3, -0.25) is 4.79 Å². The quantitative estimate of drug-likeness (QED) is 0.533. The van der Waals surface area contributed by atoms with E-state index < -0.39 is 0 Å². The first kappa shape index (κ1) is 8.49. The Morgan fingerprint density at radius 2 is 2.55 bits per heavy atom. The first-order valence-electron chi connectivity index (χ1n) is 3.78. The third-order valence-corrected chi connectivity index (χ3v) is 1.67. The Bertz CT molecular complexity index is 149. The summed E-state index contributed by atoms with van der Waals surface area (Å²) >= 11 is 0. The van der Waals surface area contributed by atoms with Gasteiger partial charge in [0.1, 0.15) is 12.1 Å². The molecule has 4 heteroatoms. The third-order valence-electron chi connectivity index (χ3n) is 1.67. The Morgan fingerprint density at radius 1 is 1.82 bits per heavy atom. The van der Waals surface area contributed by atoms with Crippen molar-refractivity contribution in [3.8, 4) is 0 Å². The number of carbonyl (C=O) groups excluding carboxylic acids is 1. The smallest absolute Gasteiger partial charge is 0.323 e. The standard InChI is InChI=1S/C7H13NO3/c1-5-4-6(7(10)11-5)8-2-3-9/h5-6,8-9H,2-4H2,1H3. The molecule has 1 aliphatic heterocycles. The fourth-order valence-corrected chi connectivity index (χ4v) is 1.16. The van der Waals surface area contributed by atoms with Gasteiger partial charge in [0.05, 0.1) is 6.61 Å². The molecule has 0 aromatic rings. The van der Waals surface area contributed by atoms with Gasteiger partial charge in [-0.1, -0.05) is 0 Å². The van der Waals surface area contributed by atoms with Crippen molar-refractivity contribution in [1.82, 2.24) is 5.32 Å². The number of hydrogen-bond donors (Lipinski definition) is 2. The molecule has 0 aromatic carbocycles. The largest absolute Gasteiger partial charge is 0.461 e. The van der Waals surface area contributed by atoms with E-state index in [1.54, 1.807) is 0 Å². The van der Waals surface area contributed by atoms with Crippen LogP contribution in [0.5, 0.6) is 0 Å². The predicted molar refractivity (Wildman–Crippen MR) is 39.0 cm³/mol. The van der Waals surface area contributed by atoms with E-state index in [2.05, 4.69) is 5.32 Å². The summed E-state index contributed by atoms with van der Waals surface area (Å²) in [7, 11) is 0. The highest BCUT2D eigenvalue weighted by Crippen LogP contribution is 2.13. The number of hydrogen-bond acceptors (Lipinski definition) is 4. The number of nitrogens with one attached hydrogen (secondary N) is 1. The molecule has 0 amide bonds. The highest BCUT2D eigenvalue weighted by Gasteiger charge is 2.30. The van der Waals surface area contributed by atoms with Crippen LogP contribution in [0.25, 0.3) is 0 Å². The Balaban J connectivity index is 2.29. The van der Waals surface area contributed by atoms with Crippen molar-refractivity contribution in [2.24, 2.45) is 0 Å². The van der Waals surface area contributed by atoms with Crippen LogP contribution in [-0.4, -0.2) is 36.4 Å². The summed E-state index contributed by atoms with van der Waals surface area (Å²) in [6.45, 7) is 2.36. The van der Waals surface area contributed by atoms with Gasteiger partial charge >= 0.3 is 5.97 Å². The Morgan fingerprint density at radius 3 is 3.00 bits per heavy atom. The van der Waals surface area contributed by atoms with Crippen molar-refractivity contribution in [3.63, 3.8) is 0 Å². The lowest BCUT2D eigenvalue weighted by Crippen LogP contribution is -2.34. The summed E-state index contributed by atoms with van der Waals surface area (Å²) in [6, 6.07) is -0.211. The Kier molecular flexibility index (Phi) is 2.84. The van der Waals surface area contributed by atoms with Crippen LogP contribution in [0.1, 0.15) is 13.3 Å². The van der Waals surface area contributed by atoms with Crippen LogP contribution in [0.2, 0.25) is 0 Å². The van der Waals surface area contributed by atoms with E-state index >= 15 is 0 Å². The van der Waals surface area contributed by atoms with E-state index in [4.69, 9.17) is 9.84 Å². The molecular weight excluding hydrogens is 146 g/mol. The second kappa shape index (κ2) is 3.69. The molecule has 0 saturated carbocycles. The number of ether oxygens (including phenoxy) is 1. The number of carbonyl (C=O) groups is 1. The summed E-state index contributed by atoms with van der Waals surface area (Å²) in [6.07, 6.45) is 0.720. The van der Waals surface area contributed by atoms with Crippen LogP contribution in [0.4, 0.5) is 0 Å². The molecule has 0 spiro atoms. The monoisotopic (exact) mass is 159 g/mol. The minimum atomic E-state index is -0.211. The lowest BCUT2D eigenvalue weighted by Gasteiger charge is -2.04. The molecule has 2 atom stereocenters. The van der Waals surface area contributed by atoms with Gasteiger partial charge in [0.15, 0.2) is 0 Å². The summed E-state index contributed by atoms with van der Waals surface area (Å²) in [5.74, 6) is -0.203. The van der Waals surface area contributed by atoms with Crippen LogP contribution in [-0.2, 0) is 9.53 Å². The molecule has 1 aliphatic rings. The summed E-state index contributed by atoms with van der Waals surface area (Å²) < 4.78 is 4.89. The van der Waals surface area contributed by atoms with Crippen molar-refractivity contribution in [1.29, 1.82) is 0 Å². The molecule has 1 saturated heterocycles. The number of aliphatic hydroxyl groups excluding tert-OH is 1. The van der Waals surface area contributed by atoms with Gasteiger partial charge in [-0.05, 0) is 6.92 Å². The van der Waals surface area contributed by atoms with Crippen LogP contribution in [0.3, 0.4) is 0 Å². The highest BCUT2D eigenvalue weighted by atomic mass is 16.6. The third kappa shape index (κ3) is 2.17. The zero-order valence-electron chi connectivity index (χ0n) is 6.54. The molecule has 4 nitrogen and oxygen atoms in total. The normalized spacial score (nSPS) is 30.5. The lowest BCUT2D eigenvalue weighted by atomic mass is 10.2. The molecule has 11 heavy (non-hydrogen) atoms. The van der Waals surface area contributed by atoms with Crippen LogP contribution >= 0.6 is 0 Å². The van der Waals surface area contributed by atoms with Crippen molar-refractivity contribution in [2.45, 2.75) is 25.5 Å². The van der Waals surface area contributed by atoms with Gasteiger partial charge in [-0.15, -0.1) is 0 Å². The van der Waals surface area contributed by atoms with Gasteiger partial charge in [0, 0.05) is 13.0 Å². The number of esters is 1. The maximum atomic E-state index is 10.9. The average molecular weight is 159 g/mol. The fourth-order valence-electron chi connectivity index (χ4n) is 1.16. The van der Waals surface area contributed by atoms with Crippen molar-refractivity contribution < 1.29 is 14.6 Å². The zero-order valence-corrected chi connectivity index (χ0v) is 6.54. The van der Waals surface area contributed by atoms with Crippen molar-refractivity contribution in [2.75, 3.05) is 13.2 Å². The van der Waals surface area contributed by atoms with Gasteiger partial charge in [-0.25, -0.2) is 0 Å². The molecule has 2 N–H and O–H groups in total. The number of cyclic esters (lactones) is 1. The van der Waals surface area contributed by atoms with Gasteiger partial charge in [0.25, 0.3) is 0 Å². The van der Waals surface area contributed by atoms with Gasteiger partial charge in [0.2, 0.25) is 0 Å². The Labute approximate surface area is 65.5 Å². The van der Waals surface area contributed by atoms with E-state index in [1.807, 2.05) is 6.92 Å². The maximum absolute atomic E-state index is 10.9. The van der Waals surface area contributed by atoms with Crippen LogP contribution in [0.15, 0.2) is 0 Å². The molecule has 1 fully saturated rings. The molecule has 0 bridgehead atoms. The number of aliphatic hydroxyl groups is 1. The molecular formula is C7H13NO3. The molecule has 0 aromatic heterocycles. The van der Waals surface area contributed by atoms with E-state index in [0.717, 1.165) is 0 Å². The minimum Gasteiger partial charge on any atom is -0.461 e. The van der Waals surface area contributed by atoms with Crippen molar-refractivity contribution >= 4 is 5.97 Å². The first-order valence-corrected chi connectivity index (χ1v) is 3.78. The topological polar surface area (TPSA) is 58.6 Å². The second-order valence-electron chi connectivity index (χ2n) is 2.71. The molecule has 2 unspecified atom stereocenters. The van der Waals surface area contributed by atoms with E-state index in [0.29, 0.717) is 13.0 Å². The first-order chi connectivity index (χ1) is 5.24. The second-order valence-corrected chi connectivity index (χ2v) is 2.71. The van der Waals surface area contributed by atoms with Crippen molar-refractivity contribution in [3.05, 3.63) is 0 Å². The number of rotatable bonds is 3. The predicted octanol–water partition coefficient (Wildman–Crippen LogP) is -0.728. The molecule has 64 valence electrons. The van der Waals surface area contributed by atoms with Gasteiger partial charge in [-0.2, -0.15) is 0 Å². The van der Waals surface area contributed by atoms with E-state index in [9.17, 15) is 4.79 Å². The van der Waals surface area contributed by atoms with Crippen LogP contribution in [0, 0.1) is 0 Å². The van der Waals surface area contributed by atoms with E-state index in [-0.39, 0.29) is 24.7 Å². The molecule has 1 heterocycles.